The van der Waals surface area contributed by atoms with Gasteiger partial charge in [0.2, 0.25) is 0 Å². The van der Waals surface area contributed by atoms with E-state index in [1.807, 2.05) is 0 Å². The second kappa shape index (κ2) is 2.35. The average Bonchev–Trinajstić information content (AvgIpc) is 2.75. The summed E-state index contributed by atoms with van der Waals surface area (Å²) in [7, 11) is 0. The van der Waals surface area contributed by atoms with Crippen molar-refractivity contribution in [3.63, 3.8) is 0 Å². The molecule has 2 fully saturated rings. The number of hydrogen-bond acceptors (Lipinski definition) is 0. The number of fused-ring (bicyclic) bond motifs is 2. The summed E-state index contributed by atoms with van der Waals surface area (Å²) < 4.78 is -1.10. The molecule has 0 spiro atoms. The summed E-state index contributed by atoms with van der Waals surface area (Å²) in [6, 6.07) is 0. The predicted octanol–water partition coefficient (Wildman–Crippen LogP) is 3.79. The van der Waals surface area contributed by atoms with Crippen molar-refractivity contribution >= 4 is 46.4 Å². The fourth-order valence-electron chi connectivity index (χ4n) is 2.48. The lowest BCUT2D eigenvalue weighted by Gasteiger charge is -1.98. The zero-order valence-corrected chi connectivity index (χ0v) is 9.71. The van der Waals surface area contributed by atoms with Crippen molar-refractivity contribution in [1.29, 1.82) is 0 Å². The van der Waals surface area contributed by atoms with E-state index < -0.39 is 8.67 Å². The normalized spacial score (nSPS) is 53.2. The van der Waals surface area contributed by atoms with Crippen molar-refractivity contribution < 1.29 is 0 Å². The van der Waals surface area contributed by atoms with Crippen LogP contribution in [0.3, 0.4) is 0 Å². The Morgan fingerprint density at radius 2 is 1.23 bits per heavy atom. The van der Waals surface area contributed by atoms with E-state index >= 15 is 0 Å². The van der Waals surface area contributed by atoms with Gasteiger partial charge in [-0.15, -0.1) is 46.4 Å². The molecule has 0 aliphatic heterocycles. The molecule has 0 amide bonds. The Morgan fingerprint density at radius 3 is 1.62 bits per heavy atom. The van der Waals surface area contributed by atoms with Gasteiger partial charge in [0.15, 0.2) is 0 Å². The Bertz CT molecular complexity index is 266. The molecule has 0 radical (unpaired) electrons. The molecule has 0 heterocycles. The van der Waals surface area contributed by atoms with Crippen LogP contribution in [-0.2, 0) is 0 Å². The summed E-state index contributed by atoms with van der Waals surface area (Å²) in [5.41, 5.74) is 0. The van der Waals surface area contributed by atoms with Crippen molar-refractivity contribution in [2.24, 2.45) is 23.7 Å². The molecule has 4 heteroatoms. The third-order valence-electron chi connectivity index (χ3n) is 3.56. The van der Waals surface area contributed by atoms with Gasteiger partial charge in [0, 0.05) is 23.7 Å². The largest absolute Gasteiger partial charge is 0.128 e. The van der Waals surface area contributed by atoms with Gasteiger partial charge >= 0.3 is 0 Å². The van der Waals surface area contributed by atoms with Crippen LogP contribution in [0.2, 0.25) is 0 Å². The number of alkyl halides is 4. The summed E-state index contributed by atoms with van der Waals surface area (Å²) >= 11 is 24.4. The maximum absolute atomic E-state index is 6.09. The van der Waals surface area contributed by atoms with Crippen molar-refractivity contribution in [3.8, 4) is 0 Å². The molecule has 0 N–H and O–H groups in total. The van der Waals surface area contributed by atoms with Crippen molar-refractivity contribution in [2.75, 3.05) is 0 Å². The first-order valence-corrected chi connectivity index (χ1v) is 5.91. The first-order valence-electron chi connectivity index (χ1n) is 4.39. The first-order chi connectivity index (χ1) is 5.95. The lowest BCUT2D eigenvalue weighted by Crippen LogP contribution is -1.96. The molecule has 72 valence electrons. The Kier molecular flexibility index (Phi) is 1.65. The molecule has 0 bridgehead atoms. The van der Waals surface area contributed by atoms with Crippen LogP contribution in [0.25, 0.3) is 0 Å². The van der Waals surface area contributed by atoms with Crippen LogP contribution in [0.5, 0.6) is 0 Å². The summed E-state index contributed by atoms with van der Waals surface area (Å²) in [6.07, 6.45) is 5.13. The maximum Gasteiger partial charge on any atom is 0.128 e. The minimum atomic E-state index is -0.548. The highest BCUT2D eigenvalue weighted by Gasteiger charge is 2.71. The molecule has 3 rings (SSSR count). The number of allylic oxidation sites excluding steroid dienone is 2. The molecule has 3 aliphatic rings. The van der Waals surface area contributed by atoms with E-state index in [0.29, 0.717) is 23.7 Å². The molecule has 2 saturated carbocycles. The highest BCUT2D eigenvalue weighted by atomic mass is 35.5. The number of rotatable bonds is 0. The maximum atomic E-state index is 6.09. The van der Waals surface area contributed by atoms with E-state index in [1.54, 1.807) is 0 Å². The second-order valence-electron chi connectivity index (χ2n) is 4.23. The average molecular weight is 258 g/mol. The van der Waals surface area contributed by atoms with Gasteiger partial charge in [-0.25, -0.2) is 0 Å². The van der Waals surface area contributed by atoms with Crippen LogP contribution in [0.1, 0.15) is 6.42 Å². The van der Waals surface area contributed by atoms with Crippen LogP contribution in [-0.4, -0.2) is 8.67 Å². The Balaban J connectivity index is 1.86. The van der Waals surface area contributed by atoms with Crippen LogP contribution in [0.15, 0.2) is 12.2 Å². The monoisotopic (exact) mass is 256 g/mol. The van der Waals surface area contributed by atoms with E-state index in [1.165, 1.54) is 0 Å². The molecule has 0 aromatic carbocycles. The van der Waals surface area contributed by atoms with E-state index in [-0.39, 0.29) is 0 Å². The Morgan fingerprint density at radius 1 is 0.846 bits per heavy atom. The van der Waals surface area contributed by atoms with Gasteiger partial charge in [-0.3, -0.25) is 0 Å². The van der Waals surface area contributed by atoms with Crippen molar-refractivity contribution in [1.82, 2.24) is 0 Å². The summed E-state index contributed by atoms with van der Waals surface area (Å²) in [5, 5.41) is 0. The summed E-state index contributed by atoms with van der Waals surface area (Å²) in [4.78, 5) is 0. The fourth-order valence-corrected chi connectivity index (χ4v) is 4.02. The van der Waals surface area contributed by atoms with Gasteiger partial charge in [0.25, 0.3) is 0 Å². The molecular weight excluding hydrogens is 250 g/mol. The minimum absolute atomic E-state index is 0.327. The summed E-state index contributed by atoms with van der Waals surface area (Å²) in [6.45, 7) is 0. The zero-order chi connectivity index (χ0) is 9.43. The molecule has 3 aliphatic carbocycles. The lowest BCUT2D eigenvalue weighted by atomic mass is 10.2. The van der Waals surface area contributed by atoms with Crippen LogP contribution in [0, 0.1) is 23.7 Å². The predicted molar refractivity (Wildman–Crippen MR) is 56.6 cm³/mol. The Labute approximate surface area is 97.2 Å². The first kappa shape index (κ1) is 9.15. The van der Waals surface area contributed by atoms with Crippen LogP contribution >= 0.6 is 46.4 Å². The second-order valence-corrected chi connectivity index (χ2v) is 7.12. The number of hydrogen-bond donors (Lipinski definition) is 0. The molecular formula is C9H8Cl4. The molecule has 13 heavy (non-hydrogen) atoms. The fraction of sp³-hybridized carbons (Fsp3) is 0.778. The molecule has 0 saturated heterocycles. The minimum Gasteiger partial charge on any atom is -0.101 e. The summed E-state index contributed by atoms with van der Waals surface area (Å²) in [5.74, 6) is 1.38. The van der Waals surface area contributed by atoms with Gasteiger partial charge in [-0.1, -0.05) is 12.2 Å². The van der Waals surface area contributed by atoms with Gasteiger partial charge in [-0.05, 0) is 6.42 Å². The zero-order valence-electron chi connectivity index (χ0n) is 6.68. The molecule has 0 aromatic heterocycles. The standard InChI is InChI=1S/C9H8Cl4/c10-8(11)4-1-2-5-7(3-6(4)8)9(5,12)13/h1-2,4-7H,3H2/t4-,5-,6-,7+/m1/s1. The highest BCUT2D eigenvalue weighted by Crippen LogP contribution is 2.72. The van der Waals surface area contributed by atoms with E-state index in [0.717, 1.165) is 6.42 Å². The molecule has 0 nitrogen and oxygen atoms in total. The van der Waals surface area contributed by atoms with Gasteiger partial charge in [0.05, 0.1) is 0 Å². The topological polar surface area (TPSA) is 0 Å². The third-order valence-corrected chi connectivity index (χ3v) is 5.69. The van der Waals surface area contributed by atoms with E-state index in [2.05, 4.69) is 12.2 Å². The van der Waals surface area contributed by atoms with E-state index in [9.17, 15) is 0 Å². The Hall–Kier alpha value is 0.900. The third kappa shape index (κ3) is 1.07. The van der Waals surface area contributed by atoms with Gasteiger partial charge in [0.1, 0.15) is 8.67 Å². The van der Waals surface area contributed by atoms with Crippen LogP contribution < -0.4 is 0 Å². The molecule has 0 unspecified atom stereocenters. The van der Waals surface area contributed by atoms with E-state index in [4.69, 9.17) is 46.4 Å². The van der Waals surface area contributed by atoms with Crippen molar-refractivity contribution in [3.05, 3.63) is 12.2 Å². The smallest absolute Gasteiger partial charge is 0.101 e. The number of halogens is 4. The quantitative estimate of drug-likeness (QED) is 0.458. The van der Waals surface area contributed by atoms with Gasteiger partial charge in [-0.2, -0.15) is 0 Å². The highest BCUT2D eigenvalue weighted by molar-refractivity contribution is 6.52. The lowest BCUT2D eigenvalue weighted by molar-refractivity contribution is 0.614. The van der Waals surface area contributed by atoms with Crippen molar-refractivity contribution in [2.45, 2.75) is 15.1 Å². The molecule has 4 atom stereocenters. The van der Waals surface area contributed by atoms with Crippen LogP contribution in [0.4, 0.5) is 0 Å². The SMILES string of the molecule is ClC1(Cl)[C@@H]2C=C[C@@H]3[C@H](C[C@H]21)C3(Cl)Cl. The van der Waals surface area contributed by atoms with Gasteiger partial charge < -0.3 is 0 Å². The molecule has 0 aromatic rings.